The number of nitrogens with two attached hydrogens (primary N) is 1. The van der Waals surface area contributed by atoms with Gasteiger partial charge in [-0.1, -0.05) is 18.5 Å². The van der Waals surface area contributed by atoms with Gasteiger partial charge in [0.25, 0.3) is 0 Å². The zero-order chi connectivity index (χ0) is 19.3. The minimum absolute atomic E-state index is 0.120. The zero-order valence-corrected chi connectivity index (χ0v) is 17.3. The Balaban J connectivity index is 1.56. The minimum atomic E-state index is 0.120. The molecule has 1 aliphatic carbocycles. The minimum Gasteiger partial charge on any atom is -0.330 e. The summed E-state index contributed by atoms with van der Waals surface area (Å²) < 4.78 is 0. The molecule has 5 nitrogen and oxygen atoms in total. The summed E-state index contributed by atoms with van der Waals surface area (Å²) in [6.45, 7) is 7.30. The maximum atomic E-state index is 6.44. The van der Waals surface area contributed by atoms with E-state index in [0.29, 0.717) is 5.92 Å². The van der Waals surface area contributed by atoms with E-state index in [1.54, 1.807) is 6.33 Å². The Morgan fingerprint density at radius 3 is 3.04 bits per heavy atom. The van der Waals surface area contributed by atoms with Crippen LogP contribution in [0.1, 0.15) is 48.9 Å². The van der Waals surface area contributed by atoms with Crippen LogP contribution in [0.25, 0.3) is 0 Å². The molecule has 1 fully saturated rings. The second kappa shape index (κ2) is 6.97. The predicted octanol–water partition coefficient (Wildman–Crippen LogP) is 3.62. The number of hydrogen-bond donors (Lipinski definition) is 1. The number of anilines is 2. The van der Waals surface area contributed by atoms with Gasteiger partial charge >= 0.3 is 0 Å². The Morgan fingerprint density at radius 2 is 2.18 bits per heavy atom. The monoisotopic (exact) mass is 397 g/mol. The van der Waals surface area contributed by atoms with E-state index >= 15 is 0 Å². The molecule has 6 heteroatoms. The van der Waals surface area contributed by atoms with E-state index in [2.05, 4.69) is 33.8 Å². The summed E-state index contributed by atoms with van der Waals surface area (Å²) in [6, 6.07) is 6.38. The molecule has 0 saturated carbocycles. The summed E-state index contributed by atoms with van der Waals surface area (Å²) in [5.74, 6) is 1.62. The van der Waals surface area contributed by atoms with Crippen LogP contribution >= 0.6 is 11.6 Å². The van der Waals surface area contributed by atoms with Crippen LogP contribution in [-0.4, -0.2) is 47.6 Å². The first-order valence-electron chi connectivity index (χ1n) is 10.4. The van der Waals surface area contributed by atoms with E-state index in [1.165, 1.54) is 28.9 Å². The Labute approximate surface area is 171 Å². The van der Waals surface area contributed by atoms with E-state index in [0.717, 1.165) is 62.8 Å². The Morgan fingerprint density at radius 1 is 1.29 bits per heavy atom. The molecule has 1 aromatic carbocycles. The Bertz CT molecular complexity index is 900. The molecular weight excluding hydrogens is 370 g/mol. The van der Waals surface area contributed by atoms with Crippen molar-refractivity contribution in [2.24, 2.45) is 5.73 Å². The largest absolute Gasteiger partial charge is 0.330 e. The van der Waals surface area contributed by atoms with Crippen molar-refractivity contribution in [2.45, 2.75) is 43.9 Å². The van der Waals surface area contributed by atoms with Gasteiger partial charge in [-0.05, 0) is 75.0 Å². The lowest BCUT2D eigenvalue weighted by atomic mass is 9.81. The third-order valence-corrected chi connectivity index (χ3v) is 7.14. The molecule has 3 heterocycles. The normalized spacial score (nSPS) is 26.2. The second-order valence-corrected chi connectivity index (χ2v) is 9.13. The number of rotatable bonds is 4. The fourth-order valence-corrected chi connectivity index (χ4v) is 5.65. The molecular formula is C22H28ClN5. The highest BCUT2D eigenvalue weighted by Gasteiger charge is 2.48. The maximum Gasteiger partial charge on any atom is 0.140 e. The highest BCUT2D eigenvalue weighted by molar-refractivity contribution is 6.30. The standard InChI is InChI=1S/C22H28ClN5/c1-15-3-5-18-20(15)21(26-14-25-18)28-13-22(7-10-27(12-22)9-2-8-24)17-11-16(23)4-6-19(17)28/h4,6,11,14-15H,2-3,5,7-10,12-13,24H2,1H3/t15-,22?/m1/s1. The second-order valence-electron chi connectivity index (χ2n) is 8.69. The smallest absolute Gasteiger partial charge is 0.140 e. The number of hydrogen-bond acceptors (Lipinski definition) is 5. The van der Waals surface area contributed by atoms with Gasteiger partial charge in [-0.2, -0.15) is 0 Å². The highest BCUT2D eigenvalue weighted by atomic mass is 35.5. The molecule has 2 aromatic rings. The van der Waals surface area contributed by atoms with Gasteiger partial charge in [0.1, 0.15) is 12.1 Å². The van der Waals surface area contributed by atoms with Crippen LogP contribution in [0.15, 0.2) is 24.5 Å². The van der Waals surface area contributed by atoms with Gasteiger partial charge < -0.3 is 15.5 Å². The van der Waals surface area contributed by atoms with Gasteiger partial charge in [-0.15, -0.1) is 0 Å². The first-order chi connectivity index (χ1) is 13.6. The molecule has 0 amide bonds. The predicted molar refractivity (Wildman–Crippen MR) is 114 cm³/mol. The van der Waals surface area contributed by atoms with Gasteiger partial charge in [0.05, 0.1) is 0 Å². The van der Waals surface area contributed by atoms with Gasteiger partial charge in [0.15, 0.2) is 0 Å². The first-order valence-corrected chi connectivity index (χ1v) is 10.8. The summed E-state index contributed by atoms with van der Waals surface area (Å²) in [5, 5.41) is 0.821. The van der Waals surface area contributed by atoms with Crippen LogP contribution in [0, 0.1) is 0 Å². The van der Waals surface area contributed by atoms with Crippen molar-refractivity contribution in [1.29, 1.82) is 0 Å². The van der Waals surface area contributed by atoms with Crippen LogP contribution in [0.2, 0.25) is 5.02 Å². The van der Waals surface area contributed by atoms with E-state index in [4.69, 9.17) is 22.3 Å². The summed E-state index contributed by atoms with van der Waals surface area (Å²) in [5.41, 5.74) is 11.1. The number of halogens is 1. The fraction of sp³-hybridized carbons (Fsp3) is 0.545. The van der Waals surface area contributed by atoms with Crippen molar-refractivity contribution in [3.8, 4) is 0 Å². The Hall–Kier alpha value is -1.69. The summed E-state index contributed by atoms with van der Waals surface area (Å²) in [6.07, 6.45) is 6.18. The van der Waals surface area contributed by atoms with Crippen LogP contribution < -0.4 is 10.6 Å². The lowest BCUT2D eigenvalue weighted by Gasteiger charge is -2.27. The topological polar surface area (TPSA) is 58.3 Å². The molecule has 2 atom stereocenters. The molecule has 0 radical (unpaired) electrons. The van der Waals surface area contributed by atoms with Crippen molar-refractivity contribution in [1.82, 2.24) is 14.9 Å². The average molecular weight is 398 g/mol. The number of nitrogens with zero attached hydrogens (tertiary/aromatic N) is 4. The number of aromatic nitrogens is 2. The number of benzene rings is 1. The molecule has 3 aliphatic rings. The molecule has 2 N–H and O–H groups in total. The molecule has 1 aromatic heterocycles. The highest BCUT2D eigenvalue weighted by Crippen LogP contribution is 2.51. The number of fused-ring (bicyclic) bond motifs is 3. The summed E-state index contributed by atoms with van der Waals surface area (Å²) >= 11 is 6.44. The fourth-order valence-electron chi connectivity index (χ4n) is 5.48. The maximum absolute atomic E-state index is 6.44. The van der Waals surface area contributed by atoms with Crippen LogP contribution in [0.3, 0.4) is 0 Å². The molecule has 1 unspecified atom stereocenters. The number of likely N-dealkylation sites (tertiary alicyclic amines) is 1. The lowest BCUT2D eigenvalue weighted by Crippen LogP contribution is -2.36. The van der Waals surface area contributed by atoms with Crippen molar-refractivity contribution < 1.29 is 0 Å². The van der Waals surface area contributed by atoms with Crippen molar-refractivity contribution in [3.05, 3.63) is 46.4 Å². The molecule has 1 spiro atoms. The number of aryl methyl sites for hydroxylation is 1. The van der Waals surface area contributed by atoms with Gasteiger partial charge in [0.2, 0.25) is 0 Å². The first kappa shape index (κ1) is 18.3. The van der Waals surface area contributed by atoms with Gasteiger partial charge in [0, 0.05) is 40.5 Å². The molecule has 1 saturated heterocycles. The SMILES string of the molecule is C[C@@H]1CCc2ncnc(N3CC4(CCN(CCCN)C4)c4cc(Cl)ccc43)c21. The molecule has 0 bridgehead atoms. The molecule has 148 valence electrons. The van der Waals surface area contributed by atoms with Crippen molar-refractivity contribution in [3.63, 3.8) is 0 Å². The molecule has 5 rings (SSSR count). The van der Waals surface area contributed by atoms with Crippen LogP contribution in [0.4, 0.5) is 11.5 Å². The van der Waals surface area contributed by atoms with Gasteiger partial charge in [-0.25, -0.2) is 9.97 Å². The average Bonchev–Trinajstić information content (AvgIpc) is 3.37. The summed E-state index contributed by atoms with van der Waals surface area (Å²) in [4.78, 5) is 14.4. The van der Waals surface area contributed by atoms with E-state index < -0.39 is 0 Å². The lowest BCUT2D eigenvalue weighted by molar-refractivity contribution is 0.313. The zero-order valence-electron chi connectivity index (χ0n) is 16.5. The quantitative estimate of drug-likeness (QED) is 0.853. The third-order valence-electron chi connectivity index (χ3n) is 6.90. The van der Waals surface area contributed by atoms with Crippen molar-refractivity contribution >= 4 is 23.1 Å². The van der Waals surface area contributed by atoms with Gasteiger partial charge in [-0.3, -0.25) is 0 Å². The van der Waals surface area contributed by atoms with E-state index in [-0.39, 0.29) is 5.41 Å². The summed E-state index contributed by atoms with van der Waals surface area (Å²) in [7, 11) is 0. The van der Waals surface area contributed by atoms with E-state index in [9.17, 15) is 0 Å². The third kappa shape index (κ3) is 2.83. The van der Waals surface area contributed by atoms with E-state index in [1.807, 2.05) is 6.07 Å². The Kier molecular flexibility index (Phi) is 4.57. The molecule has 28 heavy (non-hydrogen) atoms. The molecule has 2 aliphatic heterocycles. The van der Waals surface area contributed by atoms with Crippen molar-refractivity contribution in [2.75, 3.05) is 37.6 Å². The van der Waals surface area contributed by atoms with Crippen LogP contribution in [-0.2, 0) is 11.8 Å². The van der Waals surface area contributed by atoms with Crippen LogP contribution in [0.5, 0.6) is 0 Å².